The smallest absolute Gasteiger partial charge is 0.234 e. The molecule has 3 aromatic rings. The van der Waals surface area contributed by atoms with Crippen molar-refractivity contribution in [2.75, 3.05) is 11.1 Å². The number of benzene rings is 2. The van der Waals surface area contributed by atoms with Gasteiger partial charge in [0.15, 0.2) is 16.8 Å². The molecule has 1 aromatic heterocycles. The highest BCUT2D eigenvalue weighted by Crippen LogP contribution is 2.22. The predicted molar refractivity (Wildman–Crippen MR) is 101 cm³/mol. The number of rotatable bonds is 6. The zero-order valence-electron chi connectivity index (χ0n) is 14.8. The standard InChI is InChI=1S/C19H18F2N4OS/c1-12(2)13-3-6-15(7-4-13)25-11-22-24-19(25)27-10-18(26)23-14-5-8-16(20)17(21)9-14/h3-9,11-12H,10H2,1-2H3,(H,23,26). The predicted octanol–water partition coefficient (Wildman–Crippen LogP) is 4.40. The van der Waals surface area contributed by atoms with Gasteiger partial charge in [-0.15, -0.1) is 10.2 Å². The van der Waals surface area contributed by atoms with E-state index in [0.29, 0.717) is 11.1 Å². The third-order valence-corrected chi connectivity index (χ3v) is 4.83. The molecule has 0 fully saturated rings. The van der Waals surface area contributed by atoms with Crippen molar-refractivity contribution >= 4 is 23.4 Å². The van der Waals surface area contributed by atoms with Crippen molar-refractivity contribution in [1.29, 1.82) is 0 Å². The van der Waals surface area contributed by atoms with Gasteiger partial charge in [-0.05, 0) is 35.7 Å². The van der Waals surface area contributed by atoms with Crippen molar-refractivity contribution in [1.82, 2.24) is 14.8 Å². The van der Waals surface area contributed by atoms with Gasteiger partial charge in [-0.1, -0.05) is 37.7 Å². The summed E-state index contributed by atoms with van der Waals surface area (Å²) in [6.07, 6.45) is 1.58. The van der Waals surface area contributed by atoms with Crippen LogP contribution >= 0.6 is 11.8 Å². The quantitative estimate of drug-likeness (QED) is 0.636. The maximum atomic E-state index is 13.2. The van der Waals surface area contributed by atoms with Gasteiger partial charge in [0.1, 0.15) is 6.33 Å². The van der Waals surface area contributed by atoms with Crippen LogP contribution in [0.25, 0.3) is 5.69 Å². The number of hydrogen-bond donors (Lipinski definition) is 1. The Bertz CT molecular complexity index is 941. The fraction of sp³-hybridized carbons (Fsp3) is 0.211. The molecule has 1 heterocycles. The molecule has 2 aromatic carbocycles. The van der Waals surface area contributed by atoms with Crippen molar-refractivity contribution < 1.29 is 13.6 Å². The lowest BCUT2D eigenvalue weighted by Crippen LogP contribution is -2.14. The molecule has 0 unspecified atom stereocenters. The van der Waals surface area contributed by atoms with Crippen LogP contribution < -0.4 is 5.32 Å². The van der Waals surface area contributed by atoms with Crippen LogP contribution in [0.5, 0.6) is 0 Å². The van der Waals surface area contributed by atoms with E-state index in [0.717, 1.165) is 17.8 Å². The van der Waals surface area contributed by atoms with E-state index in [1.807, 2.05) is 24.3 Å². The Labute approximate surface area is 159 Å². The molecule has 5 nitrogen and oxygen atoms in total. The number of anilines is 1. The molecule has 0 bridgehead atoms. The van der Waals surface area contributed by atoms with E-state index in [2.05, 4.69) is 29.4 Å². The van der Waals surface area contributed by atoms with E-state index >= 15 is 0 Å². The normalized spacial score (nSPS) is 11.0. The highest BCUT2D eigenvalue weighted by atomic mass is 32.2. The van der Waals surface area contributed by atoms with E-state index in [1.165, 1.54) is 23.4 Å². The van der Waals surface area contributed by atoms with Crippen LogP contribution in [0.4, 0.5) is 14.5 Å². The second-order valence-corrected chi connectivity index (χ2v) is 7.14. The molecule has 1 N–H and O–H groups in total. The van der Waals surface area contributed by atoms with Crippen molar-refractivity contribution in [3.63, 3.8) is 0 Å². The lowest BCUT2D eigenvalue weighted by Gasteiger charge is -2.09. The minimum Gasteiger partial charge on any atom is -0.325 e. The van der Waals surface area contributed by atoms with Gasteiger partial charge in [0.2, 0.25) is 5.91 Å². The summed E-state index contributed by atoms with van der Waals surface area (Å²) in [5, 5.41) is 11.0. The van der Waals surface area contributed by atoms with E-state index in [4.69, 9.17) is 0 Å². The van der Waals surface area contributed by atoms with E-state index in [9.17, 15) is 13.6 Å². The topological polar surface area (TPSA) is 59.8 Å². The number of amides is 1. The SMILES string of the molecule is CC(C)c1ccc(-n2cnnc2SCC(=O)Nc2ccc(F)c(F)c2)cc1. The molecular weight excluding hydrogens is 370 g/mol. The number of nitrogens with one attached hydrogen (secondary N) is 1. The fourth-order valence-corrected chi connectivity index (χ4v) is 3.15. The fourth-order valence-electron chi connectivity index (χ4n) is 2.42. The second-order valence-electron chi connectivity index (χ2n) is 6.20. The molecule has 140 valence electrons. The third-order valence-electron chi connectivity index (χ3n) is 3.89. The average molecular weight is 388 g/mol. The van der Waals surface area contributed by atoms with Gasteiger partial charge in [-0.3, -0.25) is 9.36 Å². The number of nitrogens with zero attached hydrogens (tertiary/aromatic N) is 3. The molecule has 0 atom stereocenters. The zero-order chi connectivity index (χ0) is 19.4. The van der Waals surface area contributed by atoms with Gasteiger partial charge in [0.25, 0.3) is 0 Å². The Kier molecular flexibility index (Phi) is 5.85. The summed E-state index contributed by atoms with van der Waals surface area (Å²) >= 11 is 1.20. The van der Waals surface area contributed by atoms with Gasteiger partial charge in [0, 0.05) is 17.4 Å². The van der Waals surface area contributed by atoms with Crippen LogP contribution in [0.2, 0.25) is 0 Å². The number of halogens is 2. The number of aromatic nitrogens is 3. The van der Waals surface area contributed by atoms with Crippen molar-refractivity contribution in [3.05, 3.63) is 66.0 Å². The molecule has 0 aliphatic carbocycles. The summed E-state index contributed by atoms with van der Waals surface area (Å²) in [5.41, 5.74) is 2.32. The molecule has 0 spiro atoms. The Morgan fingerprint density at radius 1 is 1.15 bits per heavy atom. The van der Waals surface area contributed by atoms with Crippen molar-refractivity contribution in [2.24, 2.45) is 0 Å². The van der Waals surface area contributed by atoms with Crippen LogP contribution in [-0.4, -0.2) is 26.4 Å². The van der Waals surface area contributed by atoms with E-state index in [1.54, 1.807) is 10.9 Å². The minimum atomic E-state index is -1.01. The van der Waals surface area contributed by atoms with Gasteiger partial charge in [0.05, 0.1) is 5.75 Å². The minimum absolute atomic E-state index is 0.0573. The first kappa shape index (κ1) is 19.0. The van der Waals surface area contributed by atoms with Crippen LogP contribution in [0.1, 0.15) is 25.3 Å². The van der Waals surface area contributed by atoms with Crippen LogP contribution in [0.15, 0.2) is 53.9 Å². The first-order valence-corrected chi connectivity index (χ1v) is 9.30. The first-order chi connectivity index (χ1) is 12.9. The molecular formula is C19H18F2N4OS. The van der Waals surface area contributed by atoms with Crippen molar-refractivity contribution in [2.45, 2.75) is 24.9 Å². The van der Waals surface area contributed by atoms with Crippen molar-refractivity contribution in [3.8, 4) is 5.69 Å². The highest BCUT2D eigenvalue weighted by Gasteiger charge is 2.12. The Hall–Kier alpha value is -2.74. The largest absolute Gasteiger partial charge is 0.325 e. The molecule has 0 radical (unpaired) electrons. The number of hydrogen-bond acceptors (Lipinski definition) is 4. The number of carbonyl (C=O) groups is 1. The summed E-state index contributed by atoms with van der Waals surface area (Å²) in [4.78, 5) is 12.1. The molecule has 8 heteroatoms. The molecule has 0 aliphatic rings. The lowest BCUT2D eigenvalue weighted by molar-refractivity contribution is -0.113. The van der Waals surface area contributed by atoms with E-state index in [-0.39, 0.29) is 17.3 Å². The highest BCUT2D eigenvalue weighted by molar-refractivity contribution is 7.99. The zero-order valence-corrected chi connectivity index (χ0v) is 15.6. The van der Waals surface area contributed by atoms with Gasteiger partial charge < -0.3 is 5.32 Å². The number of thioether (sulfide) groups is 1. The van der Waals surface area contributed by atoms with Gasteiger partial charge in [-0.2, -0.15) is 0 Å². The van der Waals surface area contributed by atoms with Gasteiger partial charge in [-0.25, -0.2) is 8.78 Å². The molecule has 0 saturated carbocycles. The summed E-state index contributed by atoms with van der Waals surface area (Å²) in [6.45, 7) is 4.25. The monoisotopic (exact) mass is 388 g/mol. The maximum absolute atomic E-state index is 13.2. The molecule has 3 rings (SSSR count). The van der Waals surface area contributed by atoms with Crippen LogP contribution in [0, 0.1) is 11.6 Å². The van der Waals surface area contributed by atoms with E-state index < -0.39 is 11.6 Å². The molecule has 0 aliphatic heterocycles. The molecule has 0 saturated heterocycles. The van der Waals surface area contributed by atoms with Crippen LogP contribution in [-0.2, 0) is 4.79 Å². The first-order valence-electron chi connectivity index (χ1n) is 8.32. The number of carbonyl (C=O) groups excluding carboxylic acids is 1. The Morgan fingerprint density at radius 3 is 2.56 bits per heavy atom. The Balaban J connectivity index is 1.64. The molecule has 27 heavy (non-hydrogen) atoms. The average Bonchev–Trinajstić information content (AvgIpc) is 3.12. The Morgan fingerprint density at radius 2 is 1.89 bits per heavy atom. The summed E-state index contributed by atoms with van der Waals surface area (Å²) in [7, 11) is 0. The summed E-state index contributed by atoms with van der Waals surface area (Å²) in [6, 6.07) is 11.3. The van der Waals surface area contributed by atoms with Crippen LogP contribution in [0.3, 0.4) is 0 Å². The summed E-state index contributed by atoms with van der Waals surface area (Å²) in [5.74, 6) is -1.82. The van der Waals surface area contributed by atoms with Gasteiger partial charge >= 0.3 is 0 Å². The maximum Gasteiger partial charge on any atom is 0.234 e. The third kappa shape index (κ3) is 4.71. The lowest BCUT2D eigenvalue weighted by atomic mass is 10.0. The second kappa shape index (κ2) is 8.30. The summed E-state index contributed by atoms with van der Waals surface area (Å²) < 4.78 is 27.9. The molecule has 1 amide bonds.